The van der Waals surface area contributed by atoms with E-state index >= 15 is 0 Å². The van der Waals surface area contributed by atoms with Gasteiger partial charge in [0.2, 0.25) is 0 Å². The summed E-state index contributed by atoms with van der Waals surface area (Å²) in [5, 5.41) is 2.80. The number of hydrogen-bond donors (Lipinski definition) is 1. The van der Waals surface area contributed by atoms with Crippen molar-refractivity contribution >= 4 is 11.9 Å². The Bertz CT molecular complexity index is 803. The highest BCUT2D eigenvalue weighted by Gasteiger charge is 2.15. The van der Waals surface area contributed by atoms with Crippen molar-refractivity contribution in [3.8, 4) is 11.5 Å². The third-order valence-corrected chi connectivity index (χ3v) is 3.97. The van der Waals surface area contributed by atoms with Crippen molar-refractivity contribution in [2.75, 3.05) is 13.7 Å². The number of rotatable bonds is 9. The monoisotopic (exact) mass is 385 g/mol. The van der Waals surface area contributed by atoms with Crippen molar-refractivity contribution in [2.24, 2.45) is 0 Å². The van der Waals surface area contributed by atoms with Crippen molar-refractivity contribution in [1.29, 1.82) is 0 Å². The van der Waals surface area contributed by atoms with E-state index in [0.717, 1.165) is 11.1 Å². The zero-order valence-electron chi connectivity index (χ0n) is 16.7. The Morgan fingerprint density at radius 3 is 2.50 bits per heavy atom. The number of para-hydroxylation sites is 1. The smallest absolute Gasteiger partial charge is 0.310 e. The molecule has 0 heterocycles. The number of methoxy groups -OCH3 is 1. The van der Waals surface area contributed by atoms with Crippen molar-refractivity contribution in [2.45, 2.75) is 39.3 Å². The molecule has 1 unspecified atom stereocenters. The first-order valence-electron chi connectivity index (χ1n) is 9.22. The topological polar surface area (TPSA) is 73.9 Å². The van der Waals surface area contributed by atoms with Crippen LogP contribution in [0, 0.1) is 0 Å². The Balaban J connectivity index is 1.83. The van der Waals surface area contributed by atoms with E-state index in [1.165, 1.54) is 0 Å². The van der Waals surface area contributed by atoms with Gasteiger partial charge in [0.1, 0.15) is 11.5 Å². The maximum atomic E-state index is 12.1. The molecule has 0 aliphatic rings. The number of amides is 1. The minimum atomic E-state index is -0.471. The average molecular weight is 385 g/mol. The van der Waals surface area contributed by atoms with Gasteiger partial charge in [0.25, 0.3) is 5.91 Å². The van der Waals surface area contributed by atoms with Crippen LogP contribution in [0.3, 0.4) is 0 Å². The van der Waals surface area contributed by atoms with E-state index in [1.54, 1.807) is 13.2 Å². The van der Waals surface area contributed by atoms with Gasteiger partial charge >= 0.3 is 5.97 Å². The van der Waals surface area contributed by atoms with Gasteiger partial charge in [-0.1, -0.05) is 30.3 Å². The van der Waals surface area contributed by atoms with Crippen LogP contribution >= 0.6 is 0 Å². The van der Waals surface area contributed by atoms with E-state index in [-0.39, 0.29) is 31.1 Å². The number of carbonyl (C=O) groups excluding carboxylic acids is 2. The summed E-state index contributed by atoms with van der Waals surface area (Å²) in [4.78, 5) is 24.2. The van der Waals surface area contributed by atoms with Crippen LogP contribution in [0.1, 0.15) is 37.9 Å². The number of ether oxygens (including phenoxy) is 3. The van der Waals surface area contributed by atoms with Gasteiger partial charge in [-0.2, -0.15) is 0 Å². The predicted octanol–water partition coefficient (Wildman–Crippen LogP) is 3.45. The maximum Gasteiger partial charge on any atom is 0.310 e. The summed E-state index contributed by atoms with van der Waals surface area (Å²) in [5.74, 6) is 0.546. The number of hydrogen-bond acceptors (Lipinski definition) is 5. The summed E-state index contributed by atoms with van der Waals surface area (Å²) >= 11 is 0. The molecular formula is C22H27NO5. The number of esters is 1. The fourth-order valence-corrected chi connectivity index (χ4v) is 2.75. The van der Waals surface area contributed by atoms with Crippen LogP contribution in [-0.4, -0.2) is 31.7 Å². The second-order valence-corrected chi connectivity index (χ2v) is 6.68. The summed E-state index contributed by atoms with van der Waals surface area (Å²) in [7, 11) is 1.58. The van der Waals surface area contributed by atoms with Gasteiger partial charge in [-0.15, -0.1) is 0 Å². The lowest BCUT2D eigenvalue weighted by Crippen LogP contribution is -2.31. The summed E-state index contributed by atoms with van der Waals surface area (Å²) in [6, 6.07) is 14.4. The second kappa shape index (κ2) is 10.3. The third kappa shape index (κ3) is 6.61. The van der Waals surface area contributed by atoms with Crippen LogP contribution in [0.5, 0.6) is 11.5 Å². The van der Waals surface area contributed by atoms with E-state index in [4.69, 9.17) is 14.2 Å². The van der Waals surface area contributed by atoms with Crippen LogP contribution in [0.4, 0.5) is 0 Å². The third-order valence-electron chi connectivity index (χ3n) is 3.97. The molecule has 1 atom stereocenters. The minimum Gasteiger partial charge on any atom is -0.496 e. The Kier molecular flexibility index (Phi) is 7.87. The van der Waals surface area contributed by atoms with E-state index in [9.17, 15) is 9.59 Å². The molecule has 0 aliphatic heterocycles. The highest BCUT2D eigenvalue weighted by Crippen LogP contribution is 2.24. The lowest BCUT2D eigenvalue weighted by molar-refractivity contribution is -0.148. The van der Waals surface area contributed by atoms with Gasteiger partial charge < -0.3 is 19.5 Å². The zero-order chi connectivity index (χ0) is 20.5. The molecule has 0 aromatic heterocycles. The van der Waals surface area contributed by atoms with Crippen molar-refractivity contribution in [3.05, 3.63) is 59.7 Å². The van der Waals surface area contributed by atoms with Gasteiger partial charge in [0.05, 0.1) is 25.7 Å². The van der Waals surface area contributed by atoms with E-state index < -0.39 is 5.97 Å². The van der Waals surface area contributed by atoms with Crippen molar-refractivity contribution < 1.29 is 23.8 Å². The Morgan fingerprint density at radius 1 is 1.04 bits per heavy atom. The van der Waals surface area contributed by atoms with Gasteiger partial charge in [-0.05, 0) is 44.5 Å². The molecule has 0 bridgehead atoms. The first-order chi connectivity index (χ1) is 13.4. The summed E-state index contributed by atoms with van der Waals surface area (Å²) in [6.45, 7) is 5.38. The van der Waals surface area contributed by atoms with Gasteiger partial charge in [-0.25, -0.2) is 0 Å². The molecule has 150 valence electrons. The fraction of sp³-hybridized carbons (Fsp3) is 0.364. The molecule has 0 fully saturated rings. The molecular weight excluding hydrogens is 358 g/mol. The Labute approximate surface area is 165 Å². The lowest BCUT2D eigenvalue weighted by atomic mass is 10.1. The molecule has 2 rings (SSSR count). The van der Waals surface area contributed by atoms with Gasteiger partial charge in [0, 0.05) is 5.56 Å². The van der Waals surface area contributed by atoms with E-state index in [1.807, 2.05) is 63.2 Å². The molecule has 0 aliphatic carbocycles. The fourth-order valence-electron chi connectivity index (χ4n) is 2.75. The second-order valence-electron chi connectivity index (χ2n) is 6.68. The van der Waals surface area contributed by atoms with Gasteiger partial charge in [-0.3, -0.25) is 9.59 Å². The minimum absolute atomic E-state index is 0.0520. The highest BCUT2D eigenvalue weighted by molar-refractivity contribution is 5.81. The molecule has 2 aromatic carbocycles. The maximum absolute atomic E-state index is 12.1. The summed E-state index contributed by atoms with van der Waals surface area (Å²) in [5.41, 5.74) is 1.62. The first kappa shape index (κ1) is 21.3. The first-order valence-corrected chi connectivity index (χ1v) is 9.22. The highest BCUT2D eigenvalue weighted by atomic mass is 16.5. The van der Waals surface area contributed by atoms with Crippen LogP contribution < -0.4 is 14.8 Å². The number of nitrogens with one attached hydrogen (secondary N) is 1. The largest absolute Gasteiger partial charge is 0.496 e. The van der Waals surface area contributed by atoms with Crippen LogP contribution in [0.15, 0.2) is 48.5 Å². The SMILES string of the molecule is COc1ccccc1C(C)NC(=O)COC(=O)Cc1cccc(OC(C)C)c1. The molecule has 0 saturated carbocycles. The Morgan fingerprint density at radius 2 is 1.79 bits per heavy atom. The predicted molar refractivity (Wildman–Crippen MR) is 106 cm³/mol. The molecule has 0 spiro atoms. The van der Waals surface area contributed by atoms with Crippen LogP contribution in [0.2, 0.25) is 0 Å². The molecule has 2 aromatic rings. The van der Waals surface area contributed by atoms with Crippen molar-refractivity contribution in [1.82, 2.24) is 5.32 Å². The summed E-state index contributed by atoms with van der Waals surface area (Å²) in [6.07, 6.45) is 0.126. The van der Waals surface area contributed by atoms with Crippen LogP contribution in [-0.2, 0) is 20.7 Å². The standard InChI is InChI=1S/C22H27NO5/c1-15(2)28-18-9-7-8-17(12-18)13-22(25)27-14-21(24)23-16(3)19-10-5-6-11-20(19)26-4/h5-12,15-16H,13-14H2,1-4H3,(H,23,24). The molecule has 0 saturated heterocycles. The number of carbonyl (C=O) groups is 2. The van der Waals surface area contributed by atoms with E-state index in [2.05, 4.69) is 5.32 Å². The molecule has 1 N–H and O–H groups in total. The number of benzene rings is 2. The molecule has 0 radical (unpaired) electrons. The normalized spacial score (nSPS) is 11.6. The molecule has 1 amide bonds. The lowest BCUT2D eigenvalue weighted by Gasteiger charge is -2.17. The van der Waals surface area contributed by atoms with Crippen LogP contribution in [0.25, 0.3) is 0 Å². The zero-order valence-corrected chi connectivity index (χ0v) is 16.7. The molecule has 6 heteroatoms. The van der Waals surface area contributed by atoms with E-state index in [0.29, 0.717) is 11.5 Å². The van der Waals surface area contributed by atoms with Gasteiger partial charge in [0.15, 0.2) is 6.61 Å². The summed E-state index contributed by atoms with van der Waals surface area (Å²) < 4.78 is 16.0. The molecule has 6 nitrogen and oxygen atoms in total. The van der Waals surface area contributed by atoms with Crippen molar-refractivity contribution in [3.63, 3.8) is 0 Å². The Hall–Kier alpha value is -3.02. The average Bonchev–Trinajstić information content (AvgIpc) is 2.66. The quantitative estimate of drug-likeness (QED) is 0.670. The molecule has 28 heavy (non-hydrogen) atoms.